The molecule has 1 aromatic heterocycles. The maximum atomic E-state index is 12.5. The highest BCUT2D eigenvalue weighted by molar-refractivity contribution is 7.89. The summed E-state index contributed by atoms with van der Waals surface area (Å²) < 4.78 is 26.3. The molecule has 0 atom stereocenters. The van der Waals surface area contributed by atoms with Crippen molar-refractivity contribution >= 4 is 15.7 Å². The number of likely N-dealkylation sites (N-methyl/N-ethyl adjacent to an activating group) is 1. The van der Waals surface area contributed by atoms with Crippen molar-refractivity contribution in [1.29, 1.82) is 0 Å². The first-order valence-electron chi connectivity index (χ1n) is 6.63. The summed E-state index contributed by atoms with van der Waals surface area (Å²) in [5, 5.41) is 0. The van der Waals surface area contributed by atoms with Crippen LogP contribution >= 0.6 is 0 Å². The Morgan fingerprint density at radius 1 is 1.24 bits per heavy atom. The van der Waals surface area contributed by atoms with Gasteiger partial charge in [0.05, 0.1) is 4.90 Å². The van der Waals surface area contributed by atoms with E-state index in [1.165, 1.54) is 10.4 Å². The maximum Gasteiger partial charge on any atom is 0.242 e. The van der Waals surface area contributed by atoms with Gasteiger partial charge in [-0.2, -0.15) is 0 Å². The van der Waals surface area contributed by atoms with Crippen molar-refractivity contribution in [1.82, 2.24) is 9.29 Å². The molecule has 0 saturated heterocycles. The normalized spacial score (nSPS) is 11.8. The largest absolute Gasteiger partial charge is 0.399 e. The number of nitrogens with two attached hydrogens (primary N) is 1. The standard InChI is InChI=1S/C15H19N3O2S/c1-12-9-13(16)11-15(10-12)21(19,20)18(2)8-6-14-5-3-4-7-17-14/h3-5,7,9-11H,6,8,16H2,1-2H3. The monoisotopic (exact) mass is 305 g/mol. The number of benzene rings is 1. The molecule has 0 aliphatic rings. The Hall–Kier alpha value is -1.92. The van der Waals surface area contributed by atoms with Gasteiger partial charge in [0.25, 0.3) is 0 Å². The predicted molar refractivity (Wildman–Crippen MR) is 83.3 cm³/mol. The van der Waals surface area contributed by atoms with E-state index in [-0.39, 0.29) is 4.90 Å². The summed E-state index contributed by atoms with van der Waals surface area (Å²) in [6.45, 7) is 2.19. The van der Waals surface area contributed by atoms with Crippen LogP contribution in [0.2, 0.25) is 0 Å². The topological polar surface area (TPSA) is 76.3 Å². The van der Waals surface area contributed by atoms with Crippen LogP contribution in [0, 0.1) is 6.92 Å². The lowest BCUT2D eigenvalue weighted by Gasteiger charge is -2.17. The molecule has 0 fully saturated rings. The molecule has 0 unspecified atom stereocenters. The molecular weight excluding hydrogens is 286 g/mol. The van der Waals surface area contributed by atoms with Gasteiger partial charge in [0.2, 0.25) is 10.0 Å². The molecule has 5 nitrogen and oxygen atoms in total. The zero-order valence-electron chi connectivity index (χ0n) is 12.2. The van der Waals surface area contributed by atoms with E-state index >= 15 is 0 Å². The molecule has 0 amide bonds. The maximum absolute atomic E-state index is 12.5. The summed E-state index contributed by atoms with van der Waals surface area (Å²) in [6.07, 6.45) is 2.27. The van der Waals surface area contributed by atoms with E-state index in [0.717, 1.165) is 11.3 Å². The van der Waals surface area contributed by atoms with E-state index in [9.17, 15) is 8.42 Å². The van der Waals surface area contributed by atoms with Crippen molar-refractivity contribution in [3.8, 4) is 0 Å². The molecule has 112 valence electrons. The predicted octanol–water partition coefficient (Wildman–Crippen LogP) is 1.84. The Bertz CT molecular complexity index is 695. The summed E-state index contributed by atoms with van der Waals surface area (Å²) in [7, 11) is -1.96. The van der Waals surface area contributed by atoms with Crippen LogP contribution in [0.1, 0.15) is 11.3 Å². The summed E-state index contributed by atoms with van der Waals surface area (Å²) in [5.74, 6) is 0. The number of anilines is 1. The fourth-order valence-electron chi connectivity index (χ4n) is 2.04. The lowest BCUT2D eigenvalue weighted by Crippen LogP contribution is -2.29. The van der Waals surface area contributed by atoms with Crippen molar-refractivity contribution in [2.75, 3.05) is 19.3 Å². The second-order valence-electron chi connectivity index (χ2n) is 4.98. The van der Waals surface area contributed by atoms with Crippen molar-refractivity contribution in [2.45, 2.75) is 18.2 Å². The highest BCUT2D eigenvalue weighted by atomic mass is 32.2. The van der Waals surface area contributed by atoms with Gasteiger partial charge >= 0.3 is 0 Å². The molecule has 0 spiro atoms. The highest BCUT2D eigenvalue weighted by Gasteiger charge is 2.21. The zero-order valence-corrected chi connectivity index (χ0v) is 13.0. The second-order valence-corrected chi connectivity index (χ2v) is 7.02. The molecular formula is C15H19N3O2S. The molecule has 0 aliphatic carbocycles. The van der Waals surface area contributed by atoms with E-state index in [1.54, 1.807) is 25.4 Å². The van der Waals surface area contributed by atoms with E-state index < -0.39 is 10.0 Å². The number of hydrogen-bond acceptors (Lipinski definition) is 4. The minimum Gasteiger partial charge on any atom is -0.399 e. The molecule has 0 saturated carbocycles. The fraction of sp³-hybridized carbons (Fsp3) is 0.267. The Morgan fingerprint density at radius 3 is 2.62 bits per heavy atom. The van der Waals surface area contributed by atoms with Crippen LogP contribution in [-0.2, 0) is 16.4 Å². The number of aromatic nitrogens is 1. The minimum atomic E-state index is -3.53. The van der Waals surface area contributed by atoms with Gasteiger partial charge in [-0.15, -0.1) is 0 Å². The molecule has 21 heavy (non-hydrogen) atoms. The lowest BCUT2D eigenvalue weighted by atomic mass is 10.2. The highest BCUT2D eigenvalue weighted by Crippen LogP contribution is 2.19. The number of nitrogen functional groups attached to an aromatic ring is 1. The Kier molecular flexibility index (Phi) is 4.59. The summed E-state index contributed by atoms with van der Waals surface area (Å²) in [4.78, 5) is 4.42. The molecule has 1 aromatic carbocycles. The van der Waals surface area contributed by atoms with Crippen LogP contribution < -0.4 is 5.73 Å². The van der Waals surface area contributed by atoms with Crippen LogP contribution in [0.15, 0.2) is 47.5 Å². The van der Waals surface area contributed by atoms with Crippen LogP contribution in [0.4, 0.5) is 5.69 Å². The third-order valence-corrected chi connectivity index (χ3v) is 5.02. The third kappa shape index (κ3) is 3.80. The molecule has 0 bridgehead atoms. The van der Waals surface area contributed by atoms with E-state index in [0.29, 0.717) is 18.7 Å². The average Bonchev–Trinajstić information content (AvgIpc) is 2.44. The van der Waals surface area contributed by atoms with Gasteiger partial charge in [0.15, 0.2) is 0 Å². The summed E-state index contributed by atoms with van der Waals surface area (Å²) in [6, 6.07) is 10.5. The molecule has 2 rings (SSSR count). The molecule has 0 radical (unpaired) electrons. The van der Waals surface area contributed by atoms with Crippen molar-refractivity contribution in [3.63, 3.8) is 0 Å². The molecule has 2 N–H and O–H groups in total. The van der Waals surface area contributed by atoms with Crippen LogP contribution in [0.25, 0.3) is 0 Å². The zero-order chi connectivity index (χ0) is 15.5. The second kappa shape index (κ2) is 6.24. The summed E-state index contributed by atoms with van der Waals surface area (Å²) >= 11 is 0. The van der Waals surface area contributed by atoms with Gasteiger partial charge in [-0.05, 0) is 42.8 Å². The average molecular weight is 305 g/mol. The Labute approximate surface area is 125 Å². The van der Waals surface area contributed by atoms with Gasteiger partial charge in [-0.3, -0.25) is 4.98 Å². The first-order chi connectivity index (χ1) is 9.89. The fourth-order valence-corrected chi connectivity index (χ4v) is 3.35. The lowest BCUT2D eigenvalue weighted by molar-refractivity contribution is 0.471. The van der Waals surface area contributed by atoms with E-state index in [4.69, 9.17) is 5.73 Å². The smallest absolute Gasteiger partial charge is 0.242 e. The summed E-state index contributed by atoms with van der Waals surface area (Å²) in [5.41, 5.74) is 7.87. The number of sulfonamides is 1. The SMILES string of the molecule is Cc1cc(N)cc(S(=O)(=O)N(C)CCc2ccccn2)c1. The number of hydrogen-bond donors (Lipinski definition) is 1. The quantitative estimate of drug-likeness (QED) is 0.855. The Morgan fingerprint density at radius 2 is 2.00 bits per heavy atom. The number of pyridine rings is 1. The number of rotatable bonds is 5. The van der Waals surface area contributed by atoms with Crippen LogP contribution in [-0.4, -0.2) is 31.3 Å². The number of nitrogens with zero attached hydrogens (tertiary/aromatic N) is 2. The third-order valence-electron chi connectivity index (χ3n) is 3.19. The minimum absolute atomic E-state index is 0.225. The van der Waals surface area contributed by atoms with Gasteiger partial charge < -0.3 is 5.73 Å². The van der Waals surface area contributed by atoms with Gasteiger partial charge in [0, 0.05) is 37.6 Å². The van der Waals surface area contributed by atoms with Crippen molar-refractivity contribution in [3.05, 3.63) is 53.9 Å². The van der Waals surface area contributed by atoms with Crippen molar-refractivity contribution < 1.29 is 8.42 Å². The molecule has 1 heterocycles. The molecule has 6 heteroatoms. The van der Waals surface area contributed by atoms with Crippen molar-refractivity contribution in [2.24, 2.45) is 0 Å². The van der Waals surface area contributed by atoms with Crippen LogP contribution in [0.3, 0.4) is 0 Å². The van der Waals surface area contributed by atoms with Crippen LogP contribution in [0.5, 0.6) is 0 Å². The van der Waals surface area contributed by atoms with Gasteiger partial charge in [0.1, 0.15) is 0 Å². The van der Waals surface area contributed by atoms with Gasteiger partial charge in [-0.25, -0.2) is 12.7 Å². The van der Waals surface area contributed by atoms with Gasteiger partial charge in [-0.1, -0.05) is 6.07 Å². The number of aryl methyl sites for hydroxylation is 1. The molecule has 2 aromatic rings. The van der Waals surface area contributed by atoms with E-state index in [2.05, 4.69) is 4.98 Å². The first kappa shape index (κ1) is 15.5. The first-order valence-corrected chi connectivity index (χ1v) is 8.07. The molecule has 0 aliphatic heterocycles. The van der Waals surface area contributed by atoms with E-state index in [1.807, 2.05) is 25.1 Å². The Balaban J connectivity index is 2.15.